The fourth-order valence-electron chi connectivity index (χ4n) is 2.01. The molecule has 0 fully saturated rings. The summed E-state index contributed by atoms with van der Waals surface area (Å²) in [4.78, 5) is 4.34. The highest BCUT2D eigenvalue weighted by Gasteiger charge is 2.06. The minimum atomic E-state index is 0.514. The van der Waals surface area contributed by atoms with Gasteiger partial charge in [-0.1, -0.05) is 19.1 Å². The number of nitrogens with zero attached hydrogens (tertiary/aromatic N) is 1. The fourth-order valence-corrected chi connectivity index (χ4v) is 2.01. The summed E-state index contributed by atoms with van der Waals surface area (Å²) in [5, 5.41) is 3.30. The average molecular weight is 286 g/mol. The van der Waals surface area contributed by atoms with Crippen molar-refractivity contribution in [3.05, 3.63) is 53.3 Å². The van der Waals surface area contributed by atoms with Crippen molar-refractivity contribution in [3.8, 4) is 11.5 Å². The minimum absolute atomic E-state index is 0.514. The lowest BCUT2D eigenvalue weighted by molar-refractivity contribution is 0.300. The van der Waals surface area contributed by atoms with Gasteiger partial charge in [-0.25, -0.2) is 0 Å². The Labute approximate surface area is 126 Å². The van der Waals surface area contributed by atoms with Crippen molar-refractivity contribution in [3.63, 3.8) is 0 Å². The normalized spacial score (nSPS) is 10.4. The van der Waals surface area contributed by atoms with E-state index in [4.69, 9.17) is 9.47 Å². The van der Waals surface area contributed by atoms with Crippen molar-refractivity contribution in [2.75, 3.05) is 13.7 Å². The molecule has 1 aromatic carbocycles. The predicted octanol–water partition coefficient (Wildman–Crippen LogP) is 3.09. The molecule has 0 spiro atoms. The lowest BCUT2D eigenvalue weighted by Gasteiger charge is -2.13. The van der Waals surface area contributed by atoms with Gasteiger partial charge in [-0.15, -0.1) is 0 Å². The monoisotopic (exact) mass is 286 g/mol. The Morgan fingerprint density at radius 3 is 2.86 bits per heavy atom. The van der Waals surface area contributed by atoms with Crippen LogP contribution < -0.4 is 14.8 Å². The van der Waals surface area contributed by atoms with Crippen LogP contribution in [0.15, 0.2) is 36.5 Å². The van der Waals surface area contributed by atoms with Gasteiger partial charge in [0.25, 0.3) is 0 Å². The molecule has 0 unspecified atom stereocenters. The molecule has 1 aromatic heterocycles. The van der Waals surface area contributed by atoms with Crippen LogP contribution in [0.25, 0.3) is 0 Å². The lowest BCUT2D eigenvalue weighted by Crippen LogP contribution is -2.13. The fraction of sp³-hybridized carbons (Fsp3) is 0.353. The molecule has 0 saturated carbocycles. The van der Waals surface area contributed by atoms with E-state index in [2.05, 4.69) is 17.2 Å². The molecule has 0 aliphatic heterocycles. The highest BCUT2D eigenvalue weighted by atomic mass is 16.5. The maximum absolute atomic E-state index is 5.97. The Hall–Kier alpha value is -2.07. The van der Waals surface area contributed by atoms with E-state index in [1.807, 2.05) is 43.5 Å². The molecule has 1 heterocycles. The van der Waals surface area contributed by atoms with Gasteiger partial charge < -0.3 is 14.8 Å². The molecule has 2 rings (SSSR count). The van der Waals surface area contributed by atoms with Crippen molar-refractivity contribution in [1.29, 1.82) is 0 Å². The summed E-state index contributed by atoms with van der Waals surface area (Å²) >= 11 is 0. The van der Waals surface area contributed by atoms with Crippen LogP contribution in [0, 0.1) is 6.92 Å². The lowest BCUT2D eigenvalue weighted by atomic mass is 10.2. The van der Waals surface area contributed by atoms with Crippen LogP contribution in [-0.4, -0.2) is 18.6 Å². The van der Waals surface area contributed by atoms with Crippen LogP contribution in [-0.2, 0) is 13.2 Å². The van der Waals surface area contributed by atoms with Crippen molar-refractivity contribution >= 4 is 0 Å². The van der Waals surface area contributed by atoms with Gasteiger partial charge in [0.1, 0.15) is 18.1 Å². The number of benzene rings is 1. The molecule has 0 atom stereocenters. The number of methoxy groups -OCH3 is 1. The molecule has 4 heteroatoms. The zero-order chi connectivity index (χ0) is 15.1. The maximum Gasteiger partial charge on any atom is 0.127 e. The number of aryl methyl sites for hydroxylation is 1. The Bertz CT molecular complexity index is 585. The smallest absolute Gasteiger partial charge is 0.127 e. The zero-order valence-corrected chi connectivity index (χ0v) is 12.8. The second-order valence-electron chi connectivity index (χ2n) is 4.85. The highest BCUT2D eigenvalue weighted by Crippen LogP contribution is 2.21. The number of hydrogen-bond acceptors (Lipinski definition) is 4. The van der Waals surface area contributed by atoms with Gasteiger partial charge in [0.15, 0.2) is 0 Å². The molecule has 1 N–H and O–H groups in total. The van der Waals surface area contributed by atoms with Crippen LogP contribution in [0.1, 0.15) is 23.7 Å². The van der Waals surface area contributed by atoms with Crippen molar-refractivity contribution in [2.45, 2.75) is 27.0 Å². The third kappa shape index (κ3) is 4.46. The highest BCUT2D eigenvalue weighted by molar-refractivity contribution is 5.34. The summed E-state index contributed by atoms with van der Waals surface area (Å²) in [6.45, 7) is 6.24. The van der Waals surface area contributed by atoms with E-state index in [0.717, 1.165) is 41.4 Å². The topological polar surface area (TPSA) is 43.4 Å². The first-order chi connectivity index (χ1) is 10.2. The minimum Gasteiger partial charge on any atom is -0.497 e. The van der Waals surface area contributed by atoms with Gasteiger partial charge in [0.2, 0.25) is 0 Å². The molecular formula is C17H22N2O2. The van der Waals surface area contributed by atoms with Gasteiger partial charge in [-0.2, -0.15) is 0 Å². The van der Waals surface area contributed by atoms with Gasteiger partial charge in [-0.05, 0) is 31.2 Å². The molecular weight excluding hydrogens is 264 g/mol. The van der Waals surface area contributed by atoms with Crippen molar-refractivity contribution in [1.82, 2.24) is 10.3 Å². The van der Waals surface area contributed by atoms with E-state index in [-0.39, 0.29) is 0 Å². The summed E-state index contributed by atoms with van der Waals surface area (Å²) in [5.74, 6) is 1.72. The summed E-state index contributed by atoms with van der Waals surface area (Å²) in [6, 6.07) is 9.89. The number of aromatic nitrogens is 1. The first-order valence-electron chi connectivity index (χ1n) is 7.15. The molecule has 21 heavy (non-hydrogen) atoms. The Morgan fingerprint density at radius 2 is 2.10 bits per heavy atom. The Morgan fingerprint density at radius 1 is 1.24 bits per heavy atom. The van der Waals surface area contributed by atoms with Gasteiger partial charge >= 0.3 is 0 Å². The van der Waals surface area contributed by atoms with Crippen LogP contribution >= 0.6 is 0 Å². The number of hydrogen-bond donors (Lipinski definition) is 1. The maximum atomic E-state index is 5.97. The van der Waals surface area contributed by atoms with E-state index in [0.29, 0.717) is 6.61 Å². The Kier molecular flexibility index (Phi) is 5.58. The van der Waals surface area contributed by atoms with Crippen molar-refractivity contribution < 1.29 is 9.47 Å². The second-order valence-corrected chi connectivity index (χ2v) is 4.85. The van der Waals surface area contributed by atoms with E-state index in [9.17, 15) is 0 Å². The third-order valence-electron chi connectivity index (χ3n) is 3.17. The van der Waals surface area contributed by atoms with E-state index < -0.39 is 0 Å². The molecule has 0 amide bonds. The molecule has 4 nitrogen and oxygen atoms in total. The zero-order valence-electron chi connectivity index (χ0n) is 12.8. The first kappa shape index (κ1) is 15.3. The molecule has 0 aliphatic carbocycles. The number of ether oxygens (including phenoxy) is 2. The summed E-state index contributed by atoms with van der Waals surface area (Å²) in [5.41, 5.74) is 3.11. The SMILES string of the molecule is CCNCc1cnc(C)cc1OCc1cccc(OC)c1. The summed E-state index contributed by atoms with van der Waals surface area (Å²) in [7, 11) is 1.67. The second kappa shape index (κ2) is 7.64. The van der Waals surface area contributed by atoms with Gasteiger partial charge in [-0.3, -0.25) is 4.98 Å². The van der Waals surface area contributed by atoms with Crippen LogP contribution in [0.4, 0.5) is 0 Å². The molecule has 0 bridgehead atoms. The third-order valence-corrected chi connectivity index (χ3v) is 3.17. The number of nitrogens with one attached hydrogen (secondary N) is 1. The predicted molar refractivity (Wildman–Crippen MR) is 83.7 cm³/mol. The summed E-state index contributed by atoms with van der Waals surface area (Å²) in [6.07, 6.45) is 1.87. The first-order valence-corrected chi connectivity index (χ1v) is 7.15. The van der Waals surface area contributed by atoms with Crippen LogP contribution in [0.2, 0.25) is 0 Å². The molecule has 2 aromatic rings. The quantitative estimate of drug-likeness (QED) is 0.849. The standard InChI is InChI=1S/C17H22N2O2/c1-4-18-10-15-11-19-13(2)8-17(15)21-12-14-6-5-7-16(9-14)20-3/h5-9,11,18H,4,10,12H2,1-3H3. The average Bonchev–Trinajstić information content (AvgIpc) is 2.52. The van der Waals surface area contributed by atoms with E-state index in [1.165, 1.54) is 0 Å². The van der Waals surface area contributed by atoms with Gasteiger partial charge in [0, 0.05) is 30.1 Å². The van der Waals surface area contributed by atoms with Crippen LogP contribution in [0.3, 0.4) is 0 Å². The summed E-state index contributed by atoms with van der Waals surface area (Å²) < 4.78 is 11.2. The number of pyridine rings is 1. The van der Waals surface area contributed by atoms with E-state index >= 15 is 0 Å². The molecule has 0 saturated heterocycles. The van der Waals surface area contributed by atoms with E-state index in [1.54, 1.807) is 7.11 Å². The number of rotatable bonds is 7. The van der Waals surface area contributed by atoms with Crippen molar-refractivity contribution in [2.24, 2.45) is 0 Å². The molecule has 0 radical (unpaired) electrons. The molecule has 112 valence electrons. The Balaban J connectivity index is 2.09. The van der Waals surface area contributed by atoms with Crippen LogP contribution in [0.5, 0.6) is 11.5 Å². The largest absolute Gasteiger partial charge is 0.497 e. The van der Waals surface area contributed by atoms with Gasteiger partial charge in [0.05, 0.1) is 7.11 Å². The molecule has 0 aliphatic rings.